The molecule has 1 saturated heterocycles. The van der Waals surface area contributed by atoms with E-state index in [2.05, 4.69) is 65.6 Å². The van der Waals surface area contributed by atoms with Crippen LogP contribution in [0.25, 0.3) is 0 Å². The van der Waals surface area contributed by atoms with Crippen LogP contribution in [0.2, 0.25) is 0 Å². The number of hydrogen-bond donors (Lipinski definition) is 1. The second-order valence-corrected chi connectivity index (χ2v) is 8.51. The highest BCUT2D eigenvalue weighted by Crippen LogP contribution is 2.37. The number of benzene rings is 2. The summed E-state index contributed by atoms with van der Waals surface area (Å²) in [6.07, 6.45) is 3.71. The lowest BCUT2D eigenvalue weighted by molar-refractivity contribution is -0.137. The summed E-state index contributed by atoms with van der Waals surface area (Å²) in [4.78, 5) is 13.3. The van der Waals surface area contributed by atoms with Gasteiger partial charge in [-0.15, -0.1) is 0 Å². The zero-order chi connectivity index (χ0) is 16.8. The number of rotatable bonds is 7. The molecule has 1 unspecified atom stereocenters. The van der Waals surface area contributed by atoms with Gasteiger partial charge in [-0.1, -0.05) is 60.7 Å². The Bertz CT molecular complexity index is 608. The summed E-state index contributed by atoms with van der Waals surface area (Å²) in [5.41, 5.74) is 0. The maximum Gasteiger partial charge on any atom is 0.304 e. The molecule has 3 rings (SSSR count). The molecule has 0 amide bonds. The Morgan fingerprint density at radius 3 is 2.17 bits per heavy atom. The van der Waals surface area contributed by atoms with E-state index in [-0.39, 0.29) is 6.42 Å². The van der Waals surface area contributed by atoms with Crippen LogP contribution in [0.15, 0.2) is 60.7 Å². The second-order valence-electron chi connectivity index (χ2n) is 6.26. The zero-order valence-electron chi connectivity index (χ0n) is 13.8. The van der Waals surface area contributed by atoms with Crippen LogP contribution in [0.4, 0.5) is 0 Å². The van der Waals surface area contributed by atoms with Gasteiger partial charge in [0.2, 0.25) is 0 Å². The summed E-state index contributed by atoms with van der Waals surface area (Å²) in [5.74, 6) is -0.700. The first-order chi connectivity index (χ1) is 11.7. The molecule has 2 aromatic rings. The number of carboxylic acids is 1. The quantitative estimate of drug-likeness (QED) is 0.787. The predicted molar refractivity (Wildman–Crippen MR) is 101 cm³/mol. The van der Waals surface area contributed by atoms with Gasteiger partial charge in [0.1, 0.15) is 0 Å². The highest BCUT2D eigenvalue weighted by Gasteiger charge is 2.28. The van der Waals surface area contributed by atoms with Crippen molar-refractivity contribution in [1.82, 2.24) is 4.90 Å². The molecule has 2 aromatic carbocycles. The van der Waals surface area contributed by atoms with Crippen LogP contribution in [0.1, 0.15) is 19.3 Å². The van der Waals surface area contributed by atoms with Gasteiger partial charge in [-0.3, -0.25) is 9.69 Å². The maximum absolute atomic E-state index is 10.9. The number of carboxylic acid groups (broad SMARTS) is 1. The molecule has 1 aliphatic rings. The second kappa shape index (κ2) is 8.41. The van der Waals surface area contributed by atoms with Crippen molar-refractivity contribution in [3.05, 3.63) is 60.7 Å². The molecule has 0 spiro atoms. The van der Waals surface area contributed by atoms with Crippen molar-refractivity contribution in [2.75, 3.05) is 19.3 Å². The van der Waals surface area contributed by atoms with E-state index in [1.807, 2.05) is 0 Å². The Labute approximate surface area is 145 Å². The van der Waals surface area contributed by atoms with E-state index in [9.17, 15) is 4.79 Å². The first-order valence-electron chi connectivity index (χ1n) is 8.57. The Hall–Kier alpha value is -1.70. The van der Waals surface area contributed by atoms with Crippen LogP contribution in [-0.4, -0.2) is 41.3 Å². The van der Waals surface area contributed by atoms with E-state index in [0.717, 1.165) is 12.7 Å². The molecular formula is C20H24NO2P. The minimum atomic E-state index is -0.700. The van der Waals surface area contributed by atoms with Gasteiger partial charge in [0.25, 0.3) is 0 Å². The molecular weight excluding hydrogens is 317 g/mol. The van der Waals surface area contributed by atoms with Gasteiger partial charge in [0.05, 0.1) is 6.42 Å². The summed E-state index contributed by atoms with van der Waals surface area (Å²) in [6.45, 7) is 1.71. The lowest BCUT2D eigenvalue weighted by Gasteiger charge is -2.28. The first-order valence-corrected chi connectivity index (χ1v) is 10.1. The third-order valence-corrected chi connectivity index (χ3v) is 7.27. The van der Waals surface area contributed by atoms with Crippen molar-refractivity contribution >= 4 is 24.5 Å². The molecule has 4 heteroatoms. The molecule has 24 heavy (non-hydrogen) atoms. The summed E-state index contributed by atoms with van der Waals surface area (Å²) in [5, 5.41) is 11.8. The molecule has 1 aliphatic heterocycles. The smallest absolute Gasteiger partial charge is 0.304 e. The maximum atomic E-state index is 10.9. The first kappa shape index (κ1) is 17.1. The fourth-order valence-electron chi connectivity index (χ4n) is 3.42. The van der Waals surface area contributed by atoms with Crippen LogP contribution >= 0.6 is 7.92 Å². The van der Waals surface area contributed by atoms with E-state index >= 15 is 0 Å². The highest BCUT2D eigenvalue weighted by molar-refractivity contribution is 7.73. The molecule has 1 N–H and O–H groups in total. The van der Waals surface area contributed by atoms with Crippen LogP contribution in [0, 0.1) is 0 Å². The van der Waals surface area contributed by atoms with Crippen LogP contribution in [0.5, 0.6) is 0 Å². The van der Waals surface area contributed by atoms with E-state index in [1.165, 1.54) is 23.5 Å². The lowest BCUT2D eigenvalue weighted by Crippen LogP contribution is -2.35. The van der Waals surface area contributed by atoms with Gasteiger partial charge < -0.3 is 5.11 Å². The predicted octanol–water partition coefficient (Wildman–Crippen LogP) is 3.06. The van der Waals surface area contributed by atoms with Gasteiger partial charge in [-0.25, -0.2) is 0 Å². The SMILES string of the molecule is O=C(O)CCN1CCCC1CP(c1ccccc1)c1ccccc1. The fraction of sp³-hybridized carbons (Fsp3) is 0.350. The van der Waals surface area contributed by atoms with Gasteiger partial charge in [-0.05, 0) is 44.1 Å². The molecule has 1 heterocycles. The molecule has 1 fully saturated rings. The molecule has 0 saturated carbocycles. The van der Waals surface area contributed by atoms with E-state index in [1.54, 1.807) is 0 Å². The van der Waals surface area contributed by atoms with E-state index < -0.39 is 13.9 Å². The fourth-order valence-corrected chi connectivity index (χ4v) is 6.04. The highest BCUT2D eigenvalue weighted by atomic mass is 31.1. The third kappa shape index (κ3) is 4.43. The number of likely N-dealkylation sites (tertiary alicyclic amines) is 1. The van der Waals surface area contributed by atoms with E-state index in [0.29, 0.717) is 12.6 Å². The average molecular weight is 341 g/mol. The van der Waals surface area contributed by atoms with Crippen molar-refractivity contribution in [3.8, 4) is 0 Å². The minimum absolute atomic E-state index is 0.241. The van der Waals surface area contributed by atoms with Gasteiger partial charge in [0.15, 0.2) is 0 Å². The summed E-state index contributed by atoms with van der Waals surface area (Å²) >= 11 is 0. The van der Waals surface area contributed by atoms with Gasteiger partial charge in [0, 0.05) is 12.6 Å². The lowest BCUT2D eigenvalue weighted by atomic mass is 10.2. The Morgan fingerprint density at radius 1 is 1.04 bits per heavy atom. The summed E-state index contributed by atoms with van der Waals surface area (Å²) in [6, 6.07) is 22.0. The largest absolute Gasteiger partial charge is 0.481 e. The molecule has 0 radical (unpaired) electrons. The van der Waals surface area contributed by atoms with Crippen molar-refractivity contribution in [2.45, 2.75) is 25.3 Å². The van der Waals surface area contributed by atoms with Crippen LogP contribution in [-0.2, 0) is 4.79 Å². The third-order valence-electron chi connectivity index (χ3n) is 4.64. The number of aliphatic carboxylic acids is 1. The molecule has 126 valence electrons. The number of nitrogens with zero attached hydrogens (tertiary/aromatic N) is 1. The standard InChI is InChI=1S/C20H24NO2P/c22-20(23)13-15-21-14-7-8-17(21)16-24(18-9-3-1-4-10-18)19-11-5-2-6-12-19/h1-6,9-12,17H,7-8,13-16H2,(H,22,23). The topological polar surface area (TPSA) is 40.5 Å². The molecule has 1 atom stereocenters. The summed E-state index contributed by atoms with van der Waals surface area (Å²) in [7, 11) is -0.404. The average Bonchev–Trinajstić information content (AvgIpc) is 3.06. The Kier molecular flexibility index (Phi) is 6.01. The summed E-state index contributed by atoms with van der Waals surface area (Å²) < 4.78 is 0. The van der Waals surface area contributed by atoms with Crippen LogP contribution in [0.3, 0.4) is 0 Å². The minimum Gasteiger partial charge on any atom is -0.481 e. The normalized spacial score (nSPS) is 18.1. The number of carbonyl (C=O) groups is 1. The van der Waals surface area contributed by atoms with Gasteiger partial charge in [-0.2, -0.15) is 0 Å². The molecule has 0 aliphatic carbocycles. The molecule has 0 bridgehead atoms. The number of hydrogen-bond acceptors (Lipinski definition) is 2. The monoisotopic (exact) mass is 341 g/mol. The van der Waals surface area contributed by atoms with Gasteiger partial charge >= 0.3 is 5.97 Å². The zero-order valence-corrected chi connectivity index (χ0v) is 14.7. The van der Waals surface area contributed by atoms with Crippen LogP contribution < -0.4 is 10.6 Å². The Morgan fingerprint density at radius 2 is 1.62 bits per heavy atom. The molecule has 0 aromatic heterocycles. The van der Waals surface area contributed by atoms with Crippen molar-refractivity contribution in [1.29, 1.82) is 0 Å². The van der Waals surface area contributed by atoms with Crippen molar-refractivity contribution in [3.63, 3.8) is 0 Å². The Balaban J connectivity index is 1.78. The van der Waals surface area contributed by atoms with E-state index in [4.69, 9.17) is 5.11 Å². The van der Waals surface area contributed by atoms with Crippen molar-refractivity contribution < 1.29 is 9.90 Å². The van der Waals surface area contributed by atoms with Crippen molar-refractivity contribution in [2.24, 2.45) is 0 Å². The molecule has 3 nitrogen and oxygen atoms in total.